The van der Waals surface area contributed by atoms with Gasteiger partial charge in [-0.1, -0.05) is 67.0 Å². The molecule has 0 N–H and O–H groups in total. The zero-order valence-corrected chi connectivity index (χ0v) is 23.7. The van der Waals surface area contributed by atoms with Crippen molar-refractivity contribution >= 4 is 5.97 Å². The summed E-state index contributed by atoms with van der Waals surface area (Å²) in [7, 11) is 0. The lowest BCUT2D eigenvalue weighted by Gasteiger charge is -2.71. The van der Waals surface area contributed by atoms with E-state index < -0.39 is 0 Å². The molecule has 0 unspecified atom stereocenters. The van der Waals surface area contributed by atoms with Crippen LogP contribution in [0, 0.1) is 56.7 Å². The molecule has 0 aromatic carbocycles. The summed E-state index contributed by atoms with van der Waals surface area (Å²) >= 11 is 0. The largest absolute Gasteiger partial charge is 0.462 e. The first kappa shape index (κ1) is 24.9. The minimum atomic E-state index is -0.110. The van der Waals surface area contributed by atoms with E-state index in [0.29, 0.717) is 27.6 Å². The van der Waals surface area contributed by atoms with Crippen molar-refractivity contribution in [1.29, 1.82) is 0 Å². The highest BCUT2D eigenvalue weighted by Crippen LogP contribution is 2.75. The second kappa shape index (κ2) is 7.61. The molecule has 0 aliphatic heterocycles. The van der Waals surface area contributed by atoms with Gasteiger partial charge in [0.2, 0.25) is 0 Å². The average molecular weight is 469 g/mol. The summed E-state index contributed by atoms with van der Waals surface area (Å²) in [6.07, 6.45) is 14.6. The van der Waals surface area contributed by atoms with Gasteiger partial charge in [-0.15, -0.1) is 0 Å². The Morgan fingerprint density at radius 3 is 2.26 bits per heavy atom. The van der Waals surface area contributed by atoms with Crippen LogP contribution in [0.4, 0.5) is 0 Å². The molecule has 4 saturated carbocycles. The third-order valence-corrected chi connectivity index (χ3v) is 13.6. The fourth-order valence-electron chi connectivity index (χ4n) is 11.2. The predicted octanol–water partition coefficient (Wildman–Crippen LogP) is 8.60. The SMILES string of the molecule is CC(=O)O[C@H]1CC[C@@]2(C)[C@H](CC[C@]3(C)[C@@H]2CC=C2[C@@H]4[C@@H](C)[C@H](C)CC[C@]4(C)CC[C@]23C)C1(C)C. The van der Waals surface area contributed by atoms with E-state index in [-0.39, 0.29) is 17.5 Å². The molecular weight excluding hydrogens is 416 g/mol. The molecule has 0 amide bonds. The lowest BCUT2D eigenvalue weighted by Crippen LogP contribution is -2.65. The van der Waals surface area contributed by atoms with Crippen molar-refractivity contribution in [2.45, 2.75) is 126 Å². The number of hydrogen-bond acceptors (Lipinski definition) is 2. The Hall–Kier alpha value is -0.790. The Morgan fingerprint density at radius 2 is 1.59 bits per heavy atom. The van der Waals surface area contributed by atoms with Gasteiger partial charge in [0.05, 0.1) is 0 Å². The minimum absolute atomic E-state index is 0.0450. The predicted molar refractivity (Wildman–Crippen MR) is 140 cm³/mol. The number of fused-ring (bicyclic) bond motifs is 7. The van der Waals surface area contributed by atoms with Crippen molar-refractivity contribution in [3.05, 3.63) is 11.6 Å². The third kappa shape index (κ3) is 3.08. The van der Waals surface area contributed by atoms with Crippen molar-refractivity contribution in [2.24, 2.45) is 56.7 Å². The van der Waals surface area contributed by atoms with Gasteiger partial charge in [0, 0.05) is 12.3 Å². The van der Waals surface area contributed by atoms with E-state index in [2.05, 4.69) is 61.5 Å². The van der Waals surface area contributed by atoms with E-state index in [4.69, 9.17) is 4.74 Å². The second-order valence-corrected chi connectivity index (χ2v) is 15.3. The van der Waals surface area contributed by atoms with Crippen molar-refractivity contribution in [3.63, 3.8) is 0 Å². The molecule has 5 aliphatic carbocycles. The minimum Gasteiger partial charge on any atom is -0.462 e. The number of hydrogen-bond donors (Lipinski definition) is 0. The molecule has 0 heterocycles. The van der Waals surface area contributed by atoms with E-state index in [1.54, 1.807) is 6.92 Å². The first-order valence-electron chi connectivity index (χ1n) is 14.6. The van der Waals surface area contributed by atoms with Gasteiger partial charge in [0.15, 0.2) is 0 Å². The molecule has 0 spiro atoms. The number of allylic oxidation sites excluding steroid dienone is 2. The Morgan fingerprint density at radius 1 is 0.882 bits per heavy atom. The van der Waals surface area contributed by atoms with Gasteiger partial charge >= 0.3 is 5.97 Å². The van der Waals surface area contributed by atoms with E-state index in [9.17, 15) is 4.79 Å². The molecule has 192 valence electrons. The highest BCUT2D eigenvalue weighted by molar-refractivity contribution is 5.66. The zero-order chi connectivity index (χ0) is 24.9. The molecule has 2 heteroatoms. The van der Waals surface area contributed by atoms with Crippen LogP contribution in [0.25, 0.3) is 0 Å². The number of carbonyl (C=O) groups excluding carboxylic acids is 1. The molecule has 5 aliphatic rings. The Bertz CT molecular complexity index is 885. The van der Waals surface area contributed by atoms with Crippen LogP contribution in [0.3, 0.4) is 0 Å². The first-order valence-corrected chi connectivity index (χ1v) is 14.6. The Balaban J connectivity index is 1.54. The van der Waals surface area contributed by atoms with Crippen LogP contribution in [0.2, 0.25) is 0 Å². The van der Waals surface area contributed by atoms with Crippen molar-refractivity contribution in [2.75, 3.05) is 0 Å². The van der Waals surface area contributed by atoms with Crippen molar-refractivity contribution in [1.82, 2.24) is 0 Å². The topological polar surface area (TPSA) is 26.3 Å². The van der Waals surface area contributed by atoms with Crippen LogP contribution in [-0.2, 0) is 9.53 Å². The van der Waals surface area contributed by atoms with Crippen molar-refractivity contribution in [3.8, 4) is 0 Å². The number of esters is 1. The normalized spacial score (nSPS) is 54.0. The molecule has 34 heavy (non-hydrogen) atoms. The van der Waals surface area contributed by atoms with Crippen LogP contribution in [0.1, 0.15) is 120 Å². The molecule has 10 atom stereocenters. The van der Waals surface area contributed by atoms with Gasteiger partial charge in [-0.05, 0) is 109 Å². The summed E-state index contributed by atoms with van der Waals surface area (Å²) < 4.78 is 5.91. The Labute approximate surface area is 210 Å². The van der Waals surface area contributed by atoms with Gasteiger partial charge in [-0.25, -0.2) is 0 Å². The smallest absolute Gasteiger partial charge is 0.302 e. The standard InChI is InChI=1S/C32H52O2/c1-20-12-15-29(6)18-19-31(8)23(27(29)21(20)2)10-11-25-30(7)16-14-26(34-22(3)33)28(4,5)24(30)13-17-32(25,31)9/h10,20-21,24-27H,11-19H2,1-9H3/t20-,21+,24-,25-,26+,27+,29-,30+,31-,32-/m1/s1. The molecule has 2 nitrogen and oxygen atoms in total. The van der Waals surface area contributed by atoms with Gasteiger partial charge in [0.25, 0.3) is 0 Å². The number of ether oxygens (including phenoxy) is 1. The first-order chi connectivity index (χ1) is 15.7. The van der Waals surface area contributed by atoms with Gasteiger partial charge in [-0.2, -0.15) is 0 Å². The summed E-state index contributed by atoms with van der Waals surface area (Å²) in [5, 5.41) is 0. The van der Waals surface area contributed by atoms with Crippen LogP contribution in [0.15, 0.2) is 11.6 Å². The highest BCUT2D eigenvalue weighted by Gasteiger charge is 2.68. The van der Waals surface area contributed by atoms with E-state index >= 15 is 0 Å². The van der Waals surface area contributed by atoms with E-state index in [1.165, 1.54) is 51.4 Å². The molecule has 0 aromatic heterocycles. The molecule has 4 fully saturated rings. The summed E-state index contributed by atoms with van der Waals surface area (Å²) in [6, 6.07) is 0. The van der Waals surface area contributed by atoms with Gasteiger partial charge in [-0.3, -0.25) is 4.79 Å². The molecular formula is C32H52O2. The van der Waals surface area contributed by atoms with Crippen LogP contribution < -0.4 is 0 Å². The fraction of sp³-hybridized carbons (Fsp3) is 0.906. The monoisotopic (exact) mass is 468 g/mol. The summed E-state index contributed by atoms with van der Waals surface area (Å²) in [5.74, 6) is 3.66. The maximum atomic E-state index is 11.9. The summed E-state index contributed by atoms with van der Waals surface area (Å²) in [4.78, 5) is 11.9. The molecule has 0 bridgehead atoms. The van der Waals surface area contributed by atoms with Gasteiger partial charge < -0.3 is 4.74 Å². The highest BCUT2D eigenvalue weighted by atomic mass is 16.5. The average Bonchev–Trinajstić information content (AvgIpc) is 2.74. The van der Waals surface area contributed by atoms with Crippen LogP contribution in [0.5, 0.6) is 0 Å². The molecule has 0 aromatic rings. The third-order valence-electron chi connectivity index (χ3n) is 13.6. The maximum absolute atomic E-state index is 11.9. The van der Waals surface area contributed by atoms with Gasteiger partial charge in [0.1, 0.15) is 6.10 Å². The van der Waals surface area contributed by atoms with Crippen LogP contribution >= 0.6 is 0 Å². The maximum Gasteiger partial charge on any atom is 0.302 e. The molecule has 0 radical (unpaired) electrons. The fourth-order valence-corrected chi connectivity index (χ4v) is 11.2. The lowest BCUT2D eigenvalue weighted by molar-refractivity contribution is -0.212. The zero-order valence-electron chi connectivity index (χ0n) is 23.7. The second-order valence-electron chi connectivity index (χ2n) is 15.3. The van der Waals surface area contributed by atoms with Crippen molar-refractivity contribution < 1.29 is 9.53 Å². The number of carbonyl (C=O) groups is 1. The molecule has 0 saturated heterocycles. The number of rotatable bonds is 1. The molecule has 5 rings (SSSR count). The van der Waals surface area contributed by atoms with Crippen LogP contribution in [-0.4, -0.2) is 12.1 Å². The van der Waals surface area contributed by atoms with E-state index in [1.807, 2.05) is 5.57 Å². The summed E-state index contributed by atoms with van der Waals surface area (Å²) in [5.41, 5.74) is 3.44. The lowest BCUT2D eigenvalue weighted by atomic mass is 9.33. The quantitative estimate of drug-likeness (QED) is 0.284. The van der Waals surface area contributed by atoms with E-state index in [0.717, 1.165) is 30.1 Å². The Kier molecular flexibility index (Phi) is 5.57. The summed E-state index contributed by atoms with van der Waals surface area (Å²) in [6.45, 7) is 22.1.